The fourth-order valence-electron chi connectivity index (χ4n) is 1.88. The summed E-state index contributed by atoms with van der Waals surface area (Å²) >= 11 is 6.09. The molecule has 0 aliphatic carbocycles. The highest BCUT2D eigenvalue weighted by molar-refractivity contribution is 6.34. The molecular weight excluding hydrogens is 300 g/mol. The van der Waals surface area contributed by atoms with Crippen LogP contribution in [0.2, 0.25) is 5.02 Å². The van der Waals surface area contributed by atoms with Gasteiger partial charge in [0, 0.05) is 16.1 Å². The van der Waals surface area contributed by atoms with E-state index in [0.717, 1.165) is 11.3 Å². The van der Waals surface area contributed by atoms with Crippen LogP contribution < -0.4 is 10.2 Å². The van der Waals surface area contributed by atoms with E-state index in [4.69, 9.17) is 16.3 Å². The van der Waals surface area contributed by atoms with Crippen LogP contribution in [-0.2, 0) is 0 Å². The number of benzene rings is 2. The Morgan fingerprint density at radius 2 is 1.86 bits per heavy atom. The lowest BCUT2D eigenvalue weighted by Gasteiger charge is -2.06. The number of amides is 1. The normalized spacial score (nSPS) is 11.1. The van der Waals surface area contributed by atoms with Gasteiger partial charge in [-0.1, -0.05) is 29.8 Å². The van der Waals surface area contributed by atoms with Crippen LogP contribution in [0, 0.1) is 0 Å². The Bertz CT molecular complexity index is 681. The van der Waals surface area contributed by atoms with Gasteiger partial charge in [0.1, 0.15) is 5.75 Å². The third-order valence-corrected chi connectivity index (χ3v) is 3.35. The maximum absolute atomic E-state index is 12.0. The summed E-state index contributed by atoms with van der Waals surface area (Å²) in [5, 5.41) is 4.69. The van der Waals surface area contributed by atoms with E-state index in [1.54, 1.807) is 37.3 Å². The van der Waals surface area contributed by atoms with Crippen molar-refractivity contribution >= 4 is 23.2 Å². The minimum Gasteiger partial charge on any atom is -0.494 e. The van der Waals surface area contributed by atoms with E-state index in [1.807, 2.05) is 25.1 Å². The molecule has 1 N–H and O–H groups in total. The summed E-state index contributed by atoms with van der Waals surface area (Å²) in [6, 6.07) is 14.2. The smallest absolute Gasteiger partial charge is 0.271 e. The second-order valence-corrected chi connectivity index (χ2v) is 4.98. The largest absolute Gasteiger partial charge is 0.494 e. The van der Waals surface area contributed by atoms with E-state index >= 15 is 0 Å². The number of carbonyl (C=O) groups is 1. The number of halogens is 1. The van der Waals surface area contributed by atoms with Crippen molar-refractivity contribution in [3.63, 3.8) is 0 Å². The molecule has 2 aromatic rings. The molecular formula is C17H17ClN2O2. The third kappa shape index (κ3) is 4.09. The first-order valence-electron chi connectivity index (χ1n) is 6.94. The van der Waals surface area contributed by atoms with Crippen molar-refractivity contribution in [1.29, 1.82) is 0 Å². The SMILES string of the molecule is CCOc1ccc(C(=O)NN=C(C)c2ccccc2Cl)cc1. The van der Waals surface area contributed by atoms with E-state index in [1.165, 1.54) is 0 Å². The zero-order chi connectivity index (χ0) is 15.9. The molecule has 22 heavy (non-hydrogen) atoms. The Hall–Kier alpha value is -2.33. The van der Waals surface area contributed by atoms with Crippen molar-refractivity contribution in [2.45, 2.75) is 13.8 Å². The first-order chi connectivity index (χ1) is 10.6. The molecule has 0 aliphatic heterocycles. The molecule has 0 aliphatic rings. The Balaban J connectivity index is 2.05. The summed E-state index contributed by atoms with van der Waals surface area (Å²) in [4.78, 5) is 12.0. The van der Waals surface area contributed by atoms with Gasteiger partial charge >= 0.3 is 0 Å². The number of ether oxygens (including phenoxy) is 1. The van der Waals surface area contributed by atoms with Gasteiger partial charge in [-0.2, -0.15) is 5.10 Å². The average Bonchev–Trinajstić information content (AvgIpc) is 2.54. The number of rotatable bonds is 5. The van der Waals surface area contributed by atoms with E-state index in [9.17, 15) is 4.79 Å². The van der Waals surface area contributed by atoms with E-state index < -0.39 is 0 Å². The minimum atomic E-state index is -0.283. The fourth-order valence-corrected chi connectivity index (χ4v) is 2.16. The molecule has 5 heteroatoms. The van der Waals surface area contributed by atoms with Crippen LogP contribution >= 0.6 is 11.6 Å². The lowest BCUT2D eigenvalue weighted by Crippen LogP contribution is -2.19. The van der Waals surface area contributed by atoms with Gasteiger partial charge in [0.15, 0.2) is 0 Å². The van der Waals surface area contributed by atoms with Crippen molar-refractivity contribution in [3.05, 3.63) is 64.7 Å². The van der Waals surface area contributed by atoms with Gasteiger partial charge < -0.3 is 4.74 Å². The molecule has 0 atom stereocenters. The van der Waals surface area contributed by atoms with E-state index in [2.05, 4.69) is 10.5 Å². The molecule has 1 amide bonds. The molecule has 0 aromatic heterocycles. The van der Waals surface area contributed by atoms with Crippen LogP contribution in [0.15, 0.2) is 53.6 Å². The van der Waals surface area contributed by atoms with Gasteiger partial charge in [-0.05, 0) is 44.2 Å². The summed E-state index contributed by atoms with van der Waals surface area (Å²) in [6.07, 6.45) is 0. The Labute approximate surface area is 134 Å². The highest BCUT2D eigenvalue weighted by Crippen LogP contribution is 2.16. The molecule has 0 saturated heterocycles. The molecule has 0 unspecified atom stereocenters. The Morgan fingerprint density at radius 3 is 2.50 bits per heavy atom. The van der Waals surface area contributed by atoms with Crippen molar-refractivity contribution in [3.8, 4) is 5.75 Å². The number of hydrazone groups is 1. The highest BCUT2D eigenvalue weighted by atomic mass is 35.5. The Morgan fingerprint density at radius 1 is 1.18 bits per heavy atom. The van der Waals surface area contributed by atoms with Crippen molar-refractivity contribution in [2.75, 3.05) is 6.61 Å². The summed E-state index contributed by atoms with van der Waals surface area (Å²) < 4.78 is 5.34. The van der Waals surface area contributed by atoms with Crippen LogP contribution in [0.5, 0.6) is 5.75 Å². The number of carbonyl (C=O) groups excluding carboxylic acids is 1. The molecule has 0 saturated carbocycles. The minimum absolute atomic E-state index is 0.283. The predicted octanol–water partition coefficient (Wildman–Crippen LogP) is 3.89. The first kappa shape index (κ1) is 16.0. The van der Waals surface area contributed by atoms with E-state index in [-0.39, 0.29) is 5.91 Å². The van der Waals surface area contributed by atoms with Crippen molar-refractivity contribution in [1.82, 2.24) is 5.43 Å². The van der Waals surface area contributed by atoms with Gasteiger partial charge in [0.25, 0.3) is 5.91 Å². The quantitative estimate of drug-likeness (QED) is 0.672. The standard InChI is InChI=1S/C17H17ClN2O2/c1-3-22-14-10-8-13(9-11-14)17(21)20-19-12(2)15-6-4-5-7-16(15)18/h4-11H,3H2,1-2H3,(H,20,21). The summed E-state index contributed by atoms with van der Waals surface area (Å²) in [5.74, 6) is 0.448. The second kappa shape index (κ2) is 7.61. The van der Waals surface area contributed by atoms with Gasteiger partial charge in [-0.3, -0.25) is 4.79 Å². The maximum Gasteiger partial charge on any atom is 0.271 e. The highest BCUT2D eigenvalue weighted by Gasteiger charge is 2.06. The van der Waals surface area contributed by atoms with Gasteiger partial charge in [-0.25, -0.2) is 5.43 Å². The van der Waals surface area contributed by atoms with Gasteiger partial charge in [0.2, 0.25) is 0 Å². The lowest BCUT2D eigenvalue weighted by molar-refractivity contribution is 0.0955. The molecule has 0 heterocycles. The number of nitrogens with zero attached hydrogens (tertiary/aromatic N) is 1. The van der Waals surface area contributed by atoms with Crippen LogP contribution in [0.1, 0.15) is 29.8 Å². The molecule has 2 rings (SSSR count). The molecule has 0 bridgehead atoms. The summed E-state index contributed by atoms with van der Waals surface area (Å²) in [6.45, 7) is 4.29. The van der Waals surface area contributed by atoms with Gasteiger partial charge in [0.05, 0.1) is 12.3 Å². The third-order valence-electron chi connectivity index (χ3n) is 3.02. The van der Waals surface area contributed by atoms with Crippen molar-refractivity contribution in [2.24, 2.45) is 5.10 Å². The molecule has 0 radical (unpaired) electrons. The number of hydrogen-bond acceptors (Lipinski definition) is 3. The predicted molar refractivity (Wildman–Crippen MR) is 88.7 cm³/mol. The zero-order valence-corrected chi connectivity index (χ0v) is 13.2. The fraction of sp³-hybridized carbons (Fsp3) is 0.176. The topological polar surface area (TPSA) is 50.7 Å². The number of nitrogens with one attached hydrogen (secondary N) is 1. The summed E-state index contributed by atoms with van der Waals surface area (Å²) in [7, 11) is 0. The van der Waals surface area contributed by atoms with Crippen LogP contribution in [-0.4, -0.2) is 18.2 Å². The zero-order valence-electron chi connectivity index (χ0n) is 12.5. The average molecular weight is 317 g/mol. The molecule has 114 valence electrons. The lowest BCUT2D eigenvalue weighted by atomic mass is 10.1. The molecule has 4 nitrogen and oxygen atoms in total. The second-order valence-electron chi connectivity index (χ2n) is 4.58. The summed E-state index contributed by atoms with van der Waals surface area (Å²) in [5.41, 5.74) is 4.47. The molecule has 0 spiro atoms. The monoisotopic (exact) mass is 316 g/mol. The Kier molecular flexibility index (Phi) is 5.55. The number of hydrogen-bond donors (Lipinski definition) is 1. The van der Waals surface area contributed by atoms with Gasteiger partial charge in [-0.15, -0.1) is 0 Å². The van der Waals surface area contributed by atoms with E-state index in [0.29, 0.717) is 22.9 Å². The first-order valence-corrected chi connectivity index (χ1v) is 7.32. The van der Waals surface area contributed by atoms with Crippen LogP contribution in [0.4, 0.5) is 0 Å². The molecule has 2 aromatic carbocycles. The van der Waals surface area contributed by atoms with Crippen LogP contribution in [0.3, 0.4) is 0 Å². The van der Waals surface area contributed by atoms with Crippen molar-refractivity contribution < 1.29 is 9.53 Å². The van der Waals surface area contributed by atoms with Crippen LogP contribution in [0.25, 0.3) is 0 Å². The molecule has 0 fully saturated rings. The maximum atomic E-state index is 12.0.